The van der Waals surface area contributed by atoms with Gasteiger partial charge in [0.05, 0.1) is 23.2 Å². The Labute approximate surface area is 88.3 Å². The van der Waals surface area contributed by atoms with Crippen LogP contribution in [0.1, 0.15) is 19.4 Å². The van der Waals surface area contributed by atoms with Crippen molar-refractivity contribution >= 4 is 11.3 Å². The smallest absolute Gasteiger partial charge is 0.280 e. The Balaban J connectivity index is 3.21. The number of ether oxygens (including phenoxy) is 1. The largest absolute Gasteiger partial charge is 0.494 e. The number of rotatable bonds is 4. The Kier molecular flexibility index (Phi) is 3.44. The third-order valence-electron chi connectivity index (χ3n) is 1.94. The van der Waals surface area contributed by atoms with Gasteiger partial charge >= 0.3 is 0 Å². The zero-order chi connectivity index (χ0) is 11.4. The average Bonchev–Trinajstić information content (AvgIpc) is 2.17. The van der Waals surface area contributed by atoms with Crippen molar-refractivity contribution in [1.29, 1.82) is 0 Å². The second kappa shape index (κ2) is 4.59. The number of allylic oxidation sites excluding steroid dienone is 1. The molecule has 0 radical (unpaired) electrons. The van der Waals surface area contributed by atoms with Crippen LogP contribution in [0.2, 0.25) is 0 Å². The number of nitro groups is 1. The van der Waals surface area contributed by atoms with Crippen molar-refractivity contribution in [3.05, 3.63) is 40.5 Å². The van der Waals surface area contributed by atoms with Crippen molar-refractivity contribution in [1.82, 2.24) is 0 Å². The van der Waals surface area contributed by atoms with Gasteiger partial charge < -0.3 is 4.74 Å². The molecule has 0 fully saturated rings. The molecule has 0 aliphatic heterocycles. The lowest BCUT2D eigenvalue weighted by molar-refractivity contribution is -0.385. The minimum atomic E-state index is -0.424. The molecule has 0 unspecified atom stereocenters. The van der Waals surface area contributed by atoms with Crippen LogP contribution in [0.5, 0.6) is 5.75 Å². The summed E-state index contributed by atoms with van der Waals surface area (Å²) in [6, 6.07) is 4.79. The van der Waals surface area contributed by atoms with Gasteiger partial charge in [0.2, 0.25) is 0 Å². The monoisotopic (exact) mass is 207 g/mol. The summed E-state index contributed by atoms with van der Waals surface area (Å²) in [5, 5.41) is 10.8. The molecule has 4 nitrogen and oxygen atoms in total. The second-order valence-corrected chi connectivity index (χ2v) is 3.15. The fourth-order valence-corrected chi connectivity index (χ4v) is 1.28. The topological polar surface area (TPSA) is 52.4 Å². The van der Waals surface area contributed by atoms with Crippen LogP contribution in [-0.4, -0.2) is 11.5 Å². The normalized spacial score (nSPS) is 9.73. The molecule has 15 heavy (non-hydrogen) atoms. The third kappa shape index (κ3) is 2.56. The lowest BCUT2D eigenvalue weighted by atomic mass is 10.1. The molecule has 0 saturated heterocycles. The summed E-state index contributed by atoms with van der Waals surface area (Å²) in [4.78, 5) is 10.4. The van der Waals surface area contributed by atoms with Gasteiger partial charge in [-0.05, 0) is 31.6 Å². The highest BCUT2D eigenvalue weighted by Gasteiger charge is 2.15. The van der Waals surface area contributed by atoms with Crippen LogP contribution in [0.3, 0.4) is 0 Å². The van der Waals surface area contributed by atoms with E-state index in [0.29, 0.717) is 23.5 Å². The van der Waals surface area contributed by atoms with Crippen LogP contribution in [0.15, 0.2) is 24.8 Å². The molecule has 0 amide bonds. The Bertz CT molecular complexity index is 399. The lowest BCUT2D eigenvalue weighted by Crippen LogP contribution is -1.96. The fourth-order valence-electron chi connectivity index (χ4n) is 1.28. The van der Waals surface area contributed by atoms with Gasteiger partial charge in [0.15, 0.2) is 0 Å². The Morgan fingerprint density at radius 3 is 2.73 bits per heavy atom. The van der Waals surface area contributed by atoms with Crippen molar-refractivity contribution in [2.45, 2.75) is 13.8 Å². The molecule has 1 aromatic carbocycles. The highest BCUT2D eigenvalue weighted by atomic mass is 16.6. The first-order valence-electron chi connectivity index (χ1n) is 4.63. The first-order valence-corrected chi connectivity index (χ1v) is 4.63. The maximum Gasteiger partial charge on any atom is 0.280 e. The van der Waals surface area contributed by atoms with E-state index in [1.54, 1.807) is 19.1 Å². The summed E-state index contributed by atoms with van der Waals surface area (Å²) in [6.45, 7) is 7.76. The predicted molar refractivity (Wildman–Crippen MR) is 59.0 cm³/mol. The summed E-state index contributed by atoms with van der Waals surface area (Å²) in [5.74, 6) is 0.509. The Morgan fingerprint density at radius 1 is 1.60 bits per heavy atom. The van der Waals surface area contributed by atoms with Crippen molar-refractivity contribution in [3.8, 4) is 5.75 Å². The number of hydrogen-bond acceptors (Lipinski definition) is 3. The fraction of sp³-hybridized carbons (Fsp3) is 0.273. The number of benzene rings is 1. The van der Waals surface area contributed by atoms with Gasteiger partial charge in [-0.1, -0.05) is 6.58 Å². The van der Waals surface area contributed by atoms with E-state index >= 15 is 0 Å². The van der Waals surface area contributed by atoms with Crippen molar-refractivity contribution < 1.29 is 9.66 Å². The molecular weight excluding hydrogens is 194 g/mol. The quantitative estimate of drug-likeness (QED) is 0.563. The number of nitrogens with zero attached hydrogens (tertiary/aromatic N) is 1. The third-order valence-corrected chi connectivity index (χ3v) is 1.94. The van der Waals surface area contributed by atoms with Crippen LogP contribution >= 0.6 is 0 Å². The highest BCUT2D eigenvalue weighted by Crippen LogP contribution is 2.28. The number of hydrogen-bond donors (Lipinski definition) is 0. The van der Waals surface area contributed by atoms with E-state index in [-0.39, 0.29) is 5.69 Å². The summed E-state index contributed by atoms with van der Waals surface area (Å²) < 4.78 is 5.20. The van der Waals surface area contributed by atoms with E-state index in [4.69, 9.17) is 4.74 Å². The van der Waals surface area contributed by atoms with Gasteiger partial charge in [0, 0.05) is 0 Å². The van der Waals surface area contributed by atoms with E-state index in [0.717, 1.165) is 0 Å². The molecule has 0 saturated carbocycles. The van der Waals surface area contributed by atoms with E-state index in [2.05, 4.69) is 6.58 Å². The summed E-state index contributed by atoms with van der Waals surface area (Å²) >= 11 is 0. The first kappa shape index (κ1) is 11.2. The molecular formula is C11H13NO3. The van der Waals surface area contributed by atoms with Gasteiger partial charge in [-0.25, -0.2) is 0 Å². The van der Waals surface area contributed by atoms with Gasteiger partial charge in [0.1, 0.15) is 5.75 Å². The molecule has 0 atom stereocenters. The zero-order valence-corrected chi connectivity index (χ0v) is 8.82. The minimum Gasteiger partial charge on any atom is -0.494 e. The van der Waals surface area contributed by atoms with Crippen LogP contribution in [0, 0.1) is 10.1 Å². The average molecular weight is 207 g/mol. The van der Waals surface area contributed by atoms with Gasteiger partial charge in [-0.3, -0.25) is 10.1 Å². The van der Waals surface area contributed by atoms with Crippen LogP contribution in [0.4, 0.5) is 5.69 Å². The van der Waals surface area contributed by atoms with Gasteiger partial charge in [-0.15, -0.1) is 0 Å². The molecule has 1 aromatic rings. The summed E-state index contributed by atoms with van der Waals surface area (Å²) in [6.07, 6.45) is 0. The summed E-state index contributed by atoms with van der Waals surface area (Å²) in [7, 11) is 0. The molecule has 0 N–H and O–H groups in total. The maximum atomic E-state index is 10.8. The van der Waals surface area contributed by atoms with Crippen LogP contribution in [-0.2, 0) is 0 Å². The highest BCUT2D eigenvalue weighted by molar-refractivity contribution is 5.70. The minimum absolute atomic E-state index is 0.0356. The Hall–Kier alpha value is -1.84. The molecule has 0 aromatic heterocycles. The van der Waals surface area contributed by atoms with Gasteiger partial charge in [0.25, 0.3) is 5.69 Å². The Morgan fingerprint density at radius 2 is 2.27 bits per heavy atom. The van der Waals surface area contributed by atoms with E-state index in [9.17, 15) is 10.1 Å². The molecule has 4 heteroatoms. The van der Waals surface area contributed by atoms with Crippen LogP contribution < -0.4 is 4.74 Å². The van der Waals surface area contributed by atoms with E-state index in [1.165, 1.54) is 6.07 Å². The standard InChI is InChI=1S/C11H13NO3/c1-4-15-9-5-6-10(8(2)3)11(7-9)12(13)14/h5-7H,2,4H2,1,3H3. The van der Waals surface area contributed by atoms with Crippen molar-refractivity contribution in [2.24, 2.45) is 0 Å². The molecule has 0 aliphatic carbocycles. The molecule has 80 valence electrons. The van der Waals surface area contributed by atoms with Gasteiger partial charge in [-0.2, -0.15) is 0 Å². The van der Waals surface area contributed by atoms with Crippen molar-refractivity contribution in [3.63, 3.8) is 0 Å². The first-order chi connectivity index (χ1) is 7.06. The molecule has 1 rings (SSSR count). The summed E-state index contributed by atoms with van der Waals surface area (Å²) in [5.41, 5.74) is 1.25. The zero-order valence-electron chi connectivity index (χ0n) is 8.82. The lowest BCUT2D eigenvalue weighted by Gasteiger charge is -2.05. The number of nitro benzene ring substituents is 1. The molecule has 0 aliphatic rings. The maximum absolute atomic E-state index is 10.8. The van der Waals surface area contributed by atoms with E-state index < -0.39 is 4.92 Å². The molecule has 0 heterocycles. The predicted octanol–water partition coefficient (Wildman–Crippen LogP) is 3.03. The molecule has 0 bridgehead atoms. The second-order valence-electron chi connectivity index (χ2n) is 3.15. The van der Waals surface area contributed by atoms with E-state index in [1.807, 2.05) is 6.92 Å². The van der Waals surface area contributed by atoms with Crippen molar-refractivity contribution in [2.75, 3.05) is 6.61 Å². The van der Waals surface area contributed by atoms with Crippen LogP contribution in [0.25, 0.3) is 5.57 Å². The molecule has 0 spiro atoms. The SMILES string of the molecule is C=C(C)c1ccc(OCC)cc1[N+](=O)[O-].